The van der Waals surface area contributed by atoms with Crippen LogP contribution in [0, 0.1) is 0 Å². The van der Waals surface area contributed by atoms with Crippen LogP contribution in [0.15, 0.2) is 18.2 Å². The summed E-state index contributed by atoms with van der Waals surface area (Å²) >= 11 is 0. The maximum atomic E-state index is 8.83. The van der Waals surface area contributed by atoms with Crippen molar-refractivity contribution < 1.29 is 14.7 Å². The zero-order valence-corrected chi connectivity index (χ0v) is 11.6. The van der Waals surface area contributed by atoms with Crippen LogP contribution >= 0.6 is 0 Å². The summed E-state index contributed by atoms with van der Waals surface area (Å²) < 4.78 is 11.5. The third-order valence-corrected chi connectivity index (χ3v) is 3.41. The first kappa shape index (κ1) is 14.1. The van der Waals surface area contributed by atoms with Crippen LogP contribution in [0.5, 0.6) is 11.5 Å². The molecule has 1 aromatic carbocycles. The lowest BCUT2D eigenvalue weighted by Crippen LogP contribution is -2.38. The monoisotopic (exact) mass is 266 g/mol. The van der Waals surface area contributed by atoms with Crippen molar-refractivity contribution in [2.45, 2.75) is 25.5 Å². The SMILES string of the molecule is COc1c(CNO)cccc1OC1CCCN(C)C1. The lowest BCUT2D eigenvalue weighted by molar-refractivity contribution is 0.101. The highest BCUT2D eigenvalue weighted by Crippen LogP contribution is 2.32. The van der Waals surface area contributed by atoms with Gasteiger partial charge in [0.05, 0.1) is 7.11 Å². The van der Waals surface area contributed by atoms with E-state index in [1.54, 1.807) is 7.11 Å². The molecule has 0 aliphatic carbocycles. The maximum absolute atomic E-state index is 8.83. The summed E-state index contributed by atoms with van der Waals surface area (Å²) in [5, 5.41) is 8.83. The Morgan fingerprint density at radius 1 is 1.47 bits per heavy atom. The summed E-state index contributed by atoms with van der Waals surface area (Å²) in [5.74, 6) is 1.44. The molecule has 106 valence electrons. The van der Waals surface area contributed by atoms with Gasteiger partial charge in [-0.1, -0.05) is 12.1 Å². The van der Waals surface area contributed by atoms with Gasteiger partial charge in [-0.25, -0.2) is 5.48 Å². The number of piperidine rings is 1. The van der Waals surface area contributed by atoms with E-state index in [4.69, 9.17) is 14.7 Å². The number of rotatable bonds is 5. The average Bonchev–Trinajstić information content (AvgIpc) is 2.39. The van der Waals surface area contributed by atoms with E-state index in [-0.39, 0.29) is 6.10 Å². The zero-order valence-electron chi connectivity index (χ0n) is 11.6. The Hall–Kier alpha value is -1.30. The Balaban J connectivity index is 2.12. The van der Waals surface area contributed by atoms with E-state index in [2.05, 4.69) is 17.4 Å². The Morgan fingerprint density at radius 3 is 3.00 bits per heavy atom. The van der Waals surface area contributed by atoms with Crippen LogP contribution in [-0.4, -0.2) is 43.5 Å². The molecule has 1 aliphatic heterocycles. The molecule has 1 fully saturated rings. The molecule has 1 unspecified atom stereocenters. The number of hydroxylamine groups is 1. The van der Waals surface area contributed by atoms with Gasteiger partial charge in [0, 0.05) is 18.7 Å². The Labute approximate surface area is 114 Å². The van der Waals surface area contributed by atoms with Gasteiger partial charge in [-0.15, -0.1) is 0 Å². The van der Waals surface area contributed by atoms with Gasteiger partial charge in [-0.05, 0) is 32.5 Å². The zero-order chi connectivity index (χ0) is 13.7. The van der Waals surface area contributed by atoms with E-state index in [9.17, 15) is 0 Å². The fourth-order valence-electron chi connectivity index (χ4n) is 2.50. The molecule has 0 amide bonds. The van der Waals surface area contributed by atoms with E-state index in [1.807, 2.05) is 18.2 Å². The van der Waals surface area contributed by atoms with Crippen molar-refractivity contribution in [1.29, 1.82) is 0 Å². The van der Waals surface area contributed by atoms with Crippen LogP contribution in [0.3, 0.4) is 0 Å². The van der Waals surface area contributed by atoms with Crippen molar-refractivity contribution in [3.63, 3.8) is 0 Å². The quantitative estimate of drug-likeness (QED) is 0.794. The van der Waals surface area contributed by atoms with Crippen molar-refractivity contribution in [3.8, 4) is 11.5 Å². The number of nitrogens with zero attached hydrogens (tertiary/aromatic N) is 1. The van der Waals surface area contributed by atoms with Gasteiger partial charge in [0.25, 0.3) is 0 Å². The molecule has 1 heterocycles. The molecule has 1 aliphatic rings. The fourth-order valence-corrected chi connectivity index (χ4v) is 2.50. The van der Waals surface area contributed by atoms with Crippen LogP contribution in [0.25, 0.3) is 0 Å². The van der Waals surface area contributed by atoms with Crippen molar-refractivity contribution in [3.05, 3.63) is 23.8 Å². The minimum atomic E-state index is 0.199. The minimum absolute atomic E-state index is 0.199. The third-order valence-electron chi connectivity index (χ3n) is 3.41. The molecule has 0 radical (unpaired) electrons. The molecule has 1 saturated heterocycles. The normalized spacial score (nSPS) is 20.3. The number of methoxy groups -OCH3 is 1. The molecule has 0 saturated carbocycles. The number of benzene rings is 1. The first-order valence-electron chi connectivity index (χ1n) is 6.62. The lowest BCUT2D eigenvalue weighted by atomic mass is 10.1. The van der Waals surface area contributed by atoms with E-state index in [0.717, 1.165) is 37.2 Å². The van der Waals surface area contributed by atoms with Crippen molar-refractivity contribution >= 4 is 0 Å². The summed E-state index contributed by atoms with van der Waals surface area (Å²) in [6.45, 7) is 2.40. The Morgan fingerprint density at radius 2 is 2.32 bits per heavy atom. The molecule has 5 heteroatoms. The van der Waals surface area contributed by atoms with Crippen LogP contribution in [0.1, 0.15) is 18.4 Å². The molecule has 1 atom stereocenters. The Bertz CT molecular complexity index is 412. The number of ether oxygens (including phenoxy) is 2. The molecule has 5 nitrogen and oxygen atoms in total. The summed E-state index contributed by atoms with van der Waals surface area (Å²) in [7, 11) is 3.73. The topological polar surface area (TPSA) is 54.0 Å². The largest absolute Gasteiger partial charge is 0.493 e. The fraction of sp³-hybridized carbons (Fsp3) is 0.571. The van der Waals surface area contributed by atoms with E-state index >= 15 is 0 Å². The van der Waals surface area contributed by atoms with Crippen LogP contribution in [0.4, 0.5) is 0 Å². The first-order chi connectivity index (χ1) is 9.24. The first-order valence-corrected chi connectivity index (χ1v) is 6.62. The molecular weight excluding hydrogens is 244 g/mol. The minimum Gasteiger partial charge on any atom is -0.493 e. The second kappa shape index (κ2) is 6.75. The van der Waals surface area contributed by atoms with Gasteiger partial charge in [-0.3, -0.25) is 0 Å². The van der Waals surface area contributed by atoms with E-state index < -0.39 is 0 Å². The predicted octanol–water partition coefficient (Wildman–Crippen LogP) is 1.65. The number of nitrogens with one attached hydrogen (secondary N) is 1. The van der Waals surface area contributed by atoms with Gasteiger partial charge in [0.2, 0.25) is 0 Å². The van der Waals surface area contributed by atoms with Crippen molar-refractivity contribution in [1.82, 2.24) is 10.4 Å². The number of hydrogen-bond donors (Lipinski definition) is 2. The maximum Gasteiger partial charge on any atom is 0.165 e. The summed E-state index contributed by atoms with van der Waals surface area (Å²) in [5.41, 5.74) is 3.03. The highest BCUT2D eigenvalue weighted by molar-refractivity contribution is 5.46. The van der Waals surface area contributed by atoms with E-state index in [0.29, 0.717) is 12.3 Å². The molecule has 0 spiro atoms. The molecule has 0 bridgehead atoms. The molecular formula is C14H22N2O3. The summed E-state index contributed by atoms with van der Waals surface area (Å²) in [6, 6.07) is 5.73. The number of hydrogen-bond acceptors (Lipinski definition) is 5. The van der Waals surface area contributed by atoms with Gasteiger partial charge in [0.1, 0.15) is 6.10 Å². The molecule has 0 aromatic heterocycles. The van der Waals surface area contributed by atoms with Crippen LogP contribution in [0.2, 0.25) is 0 Å². The molecule has 2 rings (SSSR count). The van der Waals surface area contributed by atoms with E-state index in [1.165, 1.54) is 0 Å². The number of likely N-dealkylation sites (N-methyl/N-ethyl adjacent to an activating group) is 1. The van der Waals surface area contributed by atoms with Gasteiger partial charge >= 0.3 is 0 Å². The summed E-state index contributed by atoms with van der Waals surface area (Å²) in [4.78, 5) is 2.28. The third kappa shape index (κ3) is 3.59. The smallest absolute Gasteiger partial charge is 0.165 e. The van der Waals surface area contributed by atoms with Crippen molar-refractivity contribution in [2.75, 3.05) is 27.2 Å². The van der Waals surface area contributed by atoms with Gasteiger partial charge < -0.3 is 19.6 Å². The van der Waals surface area contributed by atoms with Crippen molar-refractivity contribution in [2.24, 2.45) is 0 Å². The van der Waals surface area contributed by atoms with Gasteiger partial charge in [-0.2, -0.15) is 0 Å². The predicted molar refractivity (Wildman–Crippen MR) is 72.8 cm³/mol. The Kier molecular flexibility index (Phi) is 5.01. The molecule has 19 heavy (non-hydrogen) atoms. The number of likely N-dealkylation sites (tertiary alicyclic amines) is 1. The average molecular weight is 266 g/mol. The van der Waals surface area contributed by atoms with Crippen LogP contribution in [-0.2, 0) is 6.54 Å². The van der Waals surface area contributed by atoms with Gasteiger partial charge in [0.15, 0.2) is 11.5 Å². The summed E-state index contributed by atoms with van der Waals surface area (Å²) in [6.07, 6.45) is 2.42. The number of para-hydroxylation sites is 1. The molecule has 2 N–H and O–H groups in total. The second-order valence-electron chi connectivity index (χ2n) is 4.93. The lowest BCUT2D eigenvalue weighted by Gasteiger charge is -2.30. The molecule has 1 aromatic rings. The standard InChI is InChI=1S/C14H22N2O3/c1-16-8-4-6-12(10-16)19-13-7-3-5-11(9-15-17)14(13)18-2/h3,5,7,12,15,17H,4,6,8-10H2,1-2H3. The highest BCUT2D eigenvalue weighted by Gasteiger charge is 2.20. The second-order valence-corrected chi connectivity index (χ2v) is 4.93. The highest BCUT2D eigenvalue weighted by atomic mass is 16.5. The van der Waals surface area contributed by atoms with Crippen LogP contribution < -0.4 is 15.0 Å².